The average Bonchev–Trinajstić information content (AvgIpc) is 2.78. The van der Waals surface area contributed by atoms with Crippen molar-refractivity contribution in [3.8, 4) is 0 Å². The molecule has 0 bridgehead atoms. The van der Waals surface area contributed by atoms with E-state index >= 15 is 0 Å². The van der Waals surface area contributed by atoms with Crippen molar-refractivity contribution in [2.24, 2.45) is 5.92 Å². The quantitative estimate of drug-likeness (QED) is 0.589. The van der Waals surface area contributed by atoms with Gasteiger partial charge in [0.2, 0.25) is 0 Å². The van der Waals surface area contributed by atoms with Crippen LogP contribution >= 0.6 is 0 Å². The van der Waals surface area contributed by atoms with Gasteiger partial charge in [-0.25, -0.2) is 0 Å². The second-order valence-corrected chi connectivity index (χ2v) is 4.66. The summed E-state index contributed by atoms with van der Waals surface area (Å²) >= 11 is 0. The maximum atomic E-state index is 3.67. The summed E-state index contributed by atoms with van der Waals surface area (Å²) < 4.78 is 0. The monoisotopic (exact) mass is 184 g/mol. The molecular weight excluding hydrogens is 160 g/mol. The summed E-state index contributed by atoms with van der Waals surface area (Å²) in [5.41, 5.74) is 0.531. The zero-order chi connectivity index (χ0) is 9.73. The third-order valence-corrected chi connectivity index (χ3v) is 2.70. The van der Waals surface area contributed by atoms with Crippen molar-refractivity contribution in [1.82, 2.24) is 10.6 Å². The average molecular weight is 184 g/mol. The van der Waals surface area contributed by atoms with Gasteiger partial charge >= 0.3 is 0 Å². The molecule has 2 nitrogen and oxygen atoms in total. The third-order valence-electron chi connectivity index (χ3n) is 2.70. The van der Waals surface area contributed by atoms with E-state index in [4.69, 9.17) is 0 Å². The molecular formula is C11H24N2. The number of nitrogens with one attached hydrogen (secondary N) is 2. The third kappa shape index (κ3) is 4.10. The van der Waals surface area contributed by atoms with Gasteiger partial charge in [0.15, 0.2) is 0 Å². The molecule has 0 atom stereocenters. The molecule has 0 heterocycles. The van der Waals surface area contributed by atoms with E-state index in [0.29, 0.717) is 5.54 Å². The Bertz CT molecular complexity index is 139. The number of hydrogen-bond acceptors (Lipinski definition) is 2. The van der Waals surface area contributed by atoms with E-state index in [-0.39, 0.29) is 0 Å². The smallest absolute Gasteiger partial charge is 0.0185 e. The fourth-order valence-electron chi connectivity index (χ4n) is 1.98. The normalized spacial score (nSPS) is 19.4. The summed E-state index contributed by atoms with van der Waals surface area (Å²) in [5.74, 6) is 0.828. The molecule has 0 radical (unpaired) electrons. The van der Waals surface area contributed by atoms with Crippen molar-refractivity contribution in [2.45, 2.75) is 45.6 Å². The van der Waals surface area contributed by atoms with Crippen LogP contribution in [0, 0.1) is 5.92 Å². The zero-order valence-electron chi connectivity index (χ0n) is 9.32. The molecule has 0 amide bonds. The van der Waals surface area contributed by atoms with Gasteiger partial charge in [0.25, 0.3) is 0 Å². The number of rotatable bonds is 7. The van der Waals surface area contributed by atoms with Crippen LogP contribution < -0.4 is 10.6 Å². The second kappa shape index (κ2) is 4.97. The maximum Gasteiger partial charge on any atom is 0.0185 e. The molecule has 0 aromatic heterocycles. The fraction of sp³-hybridized carbons (Fsp3) is 1.00. The van der Waals surface area contributed by atoms with Gasteiger partial charge in [-0.05, 0) is 31.7 Å². The summed E-state index contributed by atoms with van der Waals surface area (Å²) in [6.45, 7) is 10.1. The molecule has 0 saturated heterocycles. The summed E-state index contributed by atoms with van der Waals surface area (Å²) in [5, 5.41) is 7.01. The number of hydrogen-bond donors (Lipinski definition) is 2. The highest BCUT2D eigenvalue weighted by Gasteiger charge is 2.41. The van der Waals surface area contributed by atoms with Gasteiger partial charge in [-0.1, -0.05) is 20.8 Å². The fourth-order valence-corrected chi connectivity index (χ4v) is 1.98. The van der Waals surface area contributed by atoms with Crippen LogP contribution in [-0.4, -0.2) is 25.2 Å². The first-order valence-corrected chi connectivity index (χ1v) is 5.64. The Labute approximate surface area is 82.5 Å². The van der Waals surface area contributed by atoms with Crippen molar-refractivity contribution in [3.63, 3.8) is 0 Å². The van der Waals surface area contributed by atoms with Crippen LogP contribution in [0.4, 0.5) is 0 Å². The first-order chi connectivity index (χ1) is 6.18. The predicted octanol–water partition coefficient (Wildman–Crippen LogP) is 1.76. The number of likely N-dealkylation sites (N-methyl/N-ethyl adjacent to an activating group) is 1. The van der Waals surface area contributed by atoms with Crippen LogP contribution in [0.5, 0.6) is 0 Å². The van der Waals surface area contributed by atoms with Crippen LogP contribution in [0.25, 0.3) is 0 Å². The van der Waals surface area contributed by atoms with E-state index in [0.717, 1.165) is 25.6 Å². The zero-order valence-corrected chi connectivity index (χ0v) is 9.32. The first-order valence-electron chi connectivity index (χ1n) is 5.64. The Balaban J connectivity index is 2.06. The van der Waals surface area contributed by atoms with E-state index in [1.165, 1.54) is 19.3 Å². The molecule has 1 saturated carbocycles. The highest BCUT2D eigenvalue weighted by Crippen LogP contribution is 2.40. The second-order valence-electron chi connectivity index (χ2n) is 4.66. The molecule has 13 heavy (non-hydrogen) atoms. The highest BCUT2D eigenvalue weighted by molar-refractivity contribution is 5.02. The molecule has 2 heteroatoms. The SMILES string of the molecule is CCNCCNC1(CC(C)C)CC1. The van der Waals surface area contributed by atoms with E-state index in [2.05, 4.69) is 31.4 Å². The minimum atomic E-state index is 0.531. The minimum absolute atomic E-state index is 0.531. The van der Waals surface area contributed by atoms with Gasteiger partial charge in [-0.15, -0.1) is 0 Å². The summed E-state index contributed by atoms with van der Waals surface area (Å²) in [6.07, 6.45) is 4.12. The van der Waals surface area contributed by atoms with Crippen molar-refractivity contribution in [2.75, 3.05) is 19.6 Å². The molecule has 0 aliphatic heterocycles. The summed E-state index contributed by atoms with van der Waals surface area (Å²) in [7, 11) is 0. The van der Waals surface area contributed by atoms with Gasteiger partial charge in [-0.2, -0.15) is 0 Å². The lowest BCUT2D eigenvalue weighted by atomic mass is 10.0. The largest absolute Gasteiger partial charge is 0.316 e. The maximum absolute atomic E-state index is 3.67. The molecule has 1 aliphatic rings. The van der Waals surface area contributed by atoms with Crippen molar-refractivity contribution < 1.29 is 0 Å². The molecule has 1 rings (SSSR count). The lowest BCUT2D eigenvalue weighted by Crippen LogP contribution is -2.37. The molecule has 0 aromatic carbocycles. The Morgan fingerprint density at radius 2 is 1.92 bits per heavy atom. The summed E-state index contributed by atoms with van der Waals surface area (Å²) in [6, 6.07) is 0. The molecule has 1 aliphatic carbocycles. The van der Waals surface area contributed by atoms with Gasteiger partial charge in [-0.3, -0.25) is 0 Å². The molecule has 78 valence electrons. The van der Waals surface area contributed by atoms with E-state index in [1.807, 2.05) is 0 Å². The van der Waals surface area contributed by atoms with Gasteiger partial charge in [0.1, 0.15) is 0 Å². The van der Waals surface area contributed by atoms with Gasteiger partial charge < -0.3 is 10.6 Å². The Morgan fingerprint density at radius 1 is 1.23 bits per heavy atom. The van der Waals surface area contributed by atoms with Crippen LogP contribution in [0.15, 0.2) is 0 Å². The van der Waals surface area contributed by atoms with Crippen molar-refractivity contribution in [3.05, 3.63) is 0 Å². The van der Waals surface area contributed by atoms with Crippen LogP contribution in [-0.2, 0) is 0 Å². The van der Waals surface area contributed by atoms with E-state index in [1.54, 1.807) is 0 Å². The minimum Gasteiger partial charge on any atom is -0.316 e. The lowest BCUT2D eigenvalue weighted by Gasteiger charge is -2.19. The van der Waals surface area contributed by atoms with Crippen LogP contribution in [0.3, 0.4) is 0 Å². The van der Waals surface area contributed by atoms with Crippen LogP contribution in [0.1, 0.15) is 40.0 Å². The lowest BCUT2D eigenvalue weighted by molar-refractivity contribution is 0.400. The van der Waals surface area contributed by atoms with Crippen molar-refractivity contribution >= 4 is 0 Å². The molecule has 0 unspecified atom stereocenters. The van der Waals surface area contributed by atoms with Gasteiger partial charge in [0.05, 0.1) is 0 Å². The van der Waals surface area contributed by atoms with E-state index < -0.39 is 0 Å². The Hall–Kier alpha value is -0.0800. The van der Waals surface area contributed by atoms with Crippen LogP contribution in [0.2, 0.25) is 0 Å². The standard InChI is InChI=1S/C11H24N2/c1-4-12-7-8-13-11(5-6-11)9-10(2)3/h10,12-13H,4-9H2,1-3H3. The molecule has 0 aromatic rings. The molecule has 1 fully saturated rings. The first kappa shape index (κ1) is 11.0. The van der Waals surface area contributed by atoms with E-state index in [9.17, 15) is 0 Å². The Morgan fingerprint density at radius 3 is 2.38 bits per heavy atom. The molecule has 2 N–H and O–H groups in total. The highest BCUT2D eigenvalue weighted by atomic mass is 15.0. The Kier molecular flexibility index (Phi) is 4.20. The van der Waals surface area contributed by atoms with Crippen molar-refractivity contribution in [1.29, 1.82) is 0 Å². The molecule has 0 spiro atoms. The summed E-state index contributed by atoms with van der Waals surface area (Å²) in [4.78, 5) is 0. The topological polar surface area (TPSA) is 24.1 Å². The van der Waals surface area contributed by atoms with Gasteiger partial charge in [0, 0.05) is 18.6 Å². The predicted molar refractivity (Wildman–Crippen MR) is 58.0 cm³/mol.